The molecule has 2 saturated heterocycles. The smallest absolute Gasteiger partial charge is 0.409 e. The van der Waals surface area contributed by atoms with E-state index in [9.17, 15) is 9.59 Å². The molecule has 6 heteroatoms. The second-order valence-electron chi connectivity index (χ2n) is 6.20. The van der Waals surface area contributed by atoms with Gasteiger partial charge in [-0.25, -0.2) is 4.79 Å². The van der Waals surface area contributed by atoms with Gasteiger partial charge in [-0.05, 0) is 31.9 Å². The van der Waals surface area contributed by atoms with E-state index in [0.29, 0.717) is 32.8 Å². The predicted octanol–water partition coefficient (Wildman–Crippen LogP) is 1.96. The molecule has 24 heavy (non-hydrogen) atoms. The number of carbonyl (C=O) groups excluding carboxylic acids is 2. The standard InChI is InChI=1S/C18H25N3O3/c1-2-24-18(23)20-13-11-19(12-14-20)17(22)16-9-6-10-21(16)15-7-4-3-5-8-15/h3-5,7-8,16H,2,6,9-14H2,1H3. The number of rotatable bonds is 3. The van der Waals surface area contributed by atoms with Crippen molar-refractivity contribution in [2.24, 2.45) is 0 Å². The fraction of sp³-hybridized carbons (Fsp3) is 0.556. The van der Waals surface area contributed by atoms with Crippen molar-refractivity contribution >= 4 is 17.7 Å². The van der Waals surface area contributed by atoms with Crippen LogP contribution in [-0.2, 0) is 9.53 Å². The van der Waals surface area contributed by atoms with Crippen molar-refractivity contribution in [2.45, 2.75) is 25.8 Å². The summed E-state index contributed by atoms with van der Waals surface area (Å²) in [5, 5.41) is 0. The number of benzene rings is 1. The minimum atomic E-state index is -0.281. The molecule has 0 spiro atoms. The largest absolute Gasteiger partial charge is 0.450 e. The van der Waals surface area contributed by atoms with Crippen LogP contribution in [0, 0.1) is 0 Å². The highest BCUT2D eigenvalue weighted by atomic mass is 16.6. The number of nitrogens with zero attached hydrogens (tertiary/aromatic N) is 3. The van der Waals surface area contributed by atoms with E-state index in [4.69, 9.17) is 4.74 Å². The Morgan fingerprint density at radius 3 is 2.38 bits per heavy atom. The number of piperazine rings is 1. The van der Waals surface area contributed by atoms with Crippen molar-refractivity contribution in [1.82, 2.24) is 9.80 Å². The third kappa shape index (κ3) is 3.47. The molecule has 0 saturated carbocycles. The van der Waals surface area contributed by atoms with Crippen molar-refractivity contribution in [2.75, 3.05) is 44.2 Å². The van der Waals surface area contributed by atoms with Crippen molar-refractivity contribution in [3.8, 4) is 0 Å². The summed E-state index contributed by atoms with van der Waals surface area (Å²) in [5.74, 6) is 0.180. The van der Waals surface area contributed by atoms with E-state index >= 15 is 0 Å². The van der Waals surface area contributed by atoms with Gasteiger partial charge >= 0.3 is 6.09 Å². The van der Waals surface area contributed by atoms with Crippen LogP contribution in [0.25, 0.3) is 0 Å². The highest BCUT2D eigenvalue weighted by Crippen LogP contribution is 2.26. The lowest BCUT2D eigenvalue weighted by atomic mass is 10.1. The number of anilines is 1. The number of amides is 2. The van der Waals surface area contributed by atoms with Gasteiger partial charge in [0, 0.05) is 38.4 Å². The highest BCUT2D eigenvalue weighted by Gasteiger charge is 2.35. The molecular weight excluding hydrogens is 306 g/mol. The van der Waals surface area contributed by atoms with Gasteiger partial charge in [-0.15, -0.1) is 0 Å². The highest BCUT2D eigenvalue weighted by molar-refractivity contribution is 5.86. The third-order valence-electron chi connectivity index (χ3n) is 4.74. The van der Waals surface area contributed by atoms with Gasteiger partial charge < -0.3 is 19.4 Å². The molecule has 3 rings (SSSR count). The first-order valence-corrected chi connectivity index (χ1v) is 8.73. The fourth-order valence-electron chi connectivity index (χ4n) is 3.49. The minimum absolute atomic E-state index is 0.0819. The topological polar surface area (TPSA) is 53.1 Å². The average molecular weight is 331 g/mol. The molecule has 0 aromatic heterocycles. The van der Waals surface area contributed by atoms with Gasteiger partial charge in [0.2, 0.25) is 5.91 Å². The van der Waals surface area contributed by atoms with Crippen LogP contribution >= 0.6 is 0 Å². The summed E-state index contributed by atoms with van der Waals surface area (Å²) < 4.78 is 5.03. The van der Waals surface area contributed by atoms with Gasteiger partial charge in [0.1, 0.15) is 6.04 Å². The normalized spacial score (nSPS) is 21.0. The molecule has 0 N–H and O–H groups in total. The number of ether oxygens (including phenoxy) is 1. The van der Waals surface area contributed by atoms with Crippen LogP contribution in [0.4, 0.5) is 10.5 Å². The molecule has 1 aromatic carbocycles. The molecule has 0 bridgehead atoms. The van der Waals surface area contributed by atoms with Gasteiger partial charge in [-0.2, -0.15) is 0 Å². The van der Waals surface area contributed by atoms with E-state index in [1.165, 1.54) is 0 Å². The average Bonchev–Trinajstić information content (AvgIpc) is 3.12. The van der Waals surface area contributed by atoms with E-state index in [0.717, 1.165) is 25.1 Å². The summed E-state index contributed by atoms with van der Waals surface area (Å²) in [6.45, 7) is 5.35. The van der Waals surface area contributed by atoms with Crippen molar-refractivity contribution in [3.63, 3.8) is 0 Å². The lowest BCUT2D eigenvalue weighted by Crippen LogP contribution is -2.54. The molecule has 0 radical (unpaired) electrons. The Bertz CT molecular complexity index is 570. The summed E-state index contributed by atoms with van der Waals surface area (Å²) in [6, 6.07) is 10.0. The van der Waals surface area contributed by atoms with Gasteiger partial charge in [-0.3, -0.25) is 4.79 Å². The number of hydrogen-bond donors (Lipinski definition) is 0. The van der Waals surface area contributed by atoms with Crippen molar-refractivity contribution in [3.05, 3.63) is 30.3 Å². The lowest BCUT2D eigenvalue weighted by molar-refractivity contribution is -0.134. The van der Waals surface area contributed by atoms with E-state index < -0.39 is 0 Å². The first-order chi connectivity index (χ1) is 11.7. The monoisotopic (exact) mass is 331 g/mol. The summed E-state index contributed by atoms with van der Waals surface area (Å²) >= 11 is 0. The Morgan fingerprint density at radius 1 is 1.04 bits per heavy atom. The van der Waals surface area contributed by atoms with Crippen molar-refractivity contribution in [1.29, 1.82) is 0 Å². The SMILES string of the molecule is CCOC(=O)N1CCN(C(=O)C2CCCN2c2ccccc2)CC1. The fourth-order valence-corrected chi connectivity index (χ4v) is 3.49. The summed E-state index contributed by atoms with van der Waals surface area (Å²) in [4.78, 5) is 30.5. The number of para-hydroxylation sites is 1. The quantitative estimate of drug-likeness (QED) is 0.850. The zero-order valence-electron chi connectivity index (χ0n) is 14.2. The van der Waals surface area contributed by atoms with Gasteiger partial charge in [0.05, 0.1) is 6.61 Å². The Labute approximate surface area is 143 Å². The number of hydrogen-bond acceptors (Lipinski definition) is 4. The molecule has 2 aliphatic rings. The maximum atomic E-state index is 12.9. The zero-order valence-corrected chi connectivity index (χ0v) is 14.2. The second-order valence-corrected chi connectivity index (χ2v) is 6.20. The molecule has 1 atom stereocenters. The van der Waals surface area contributed by atoms with Crippen LogP contribution in [0.1, 0.15) is 19.8 Å². The minimum Gasteiger partial charge on any atom is -0.450 e. The van der Waals surface area contributed by atoms with Crippen LogP contribution < -0.4 is 4.90 Å². The first-order valence-electron chi connectivity index (χ1n) is 8.73. The summed E-state index contributed by atoms with van der Waals surface area (Å²) in [7, 11) is 0. The summed E-state index contributed by atoms with van der Waals surface area (Å²) in [5.41, 5.74) is 1.11. The molecule has 2 amide bonds. The molecule has 2 aliphatic heterocycles. The van der Waals surface area contributed by atoms with E-state index in [2.05, 4.69) is 17.0 Å². The molecule has 2 fully saturated rings. The van der Waals surface area contributed by atoms with Gasteiger partial charge in [0.15, 0.2) is 0 Å². The maximum absolute atomic E-state index is 12.9. The third-order valence-corrected chi connectivity index (χ3v) is 4.74. The molecule has 0 aliphatic carbocycles. The first kappa shape index (κ1) is 16.6. The van der Waals surface area contributed by atoms with E-state index in [1.54, 1.807) is 11.8 Å². The maximum Gasteiger partial charge on any atom is 0.409 e. The van der Waals surface area contributed by atoms with Crippen LogP contribution in [0.3, 0.4) is 0 Å². The molecular formula is C18H25N3O3. The molecule has 1 unspecified atom stereocenters. The Morgan fingerprint density at radius 2 is 1.71 bits per heavy atom. The van der Waals surface area contributed by atoms with Crippen molar-refractivity contribution < 1.29 is 14.3 Å². The Kier molecular flexibility index (Phi) is 5.23. The lowest BCUT2D eigenvalue weighted by Gasteiger charge is -2.37. The Hall–Kier alpha value is -2.24. The predicted molar refractivity (Wildman–Crippen MR) is 92.0 cm³/mol. The van der Waals surface area contributed by atoms with Crippen LogP contribution in [0.5, 0.6) is 0 Å². The van der Waals surface area contributed by atoms with Crippen LogP contribution in [0.15, 0.2) is 30.3 Å². The zero-order chi connectivity index (χ0) is 16.9. The van der Waals surface area contributed by atoms with E-state index in [1.807, 2.05) is 23.1 Å². The summed E-state index contributed by atoms with van der Waals surface area (Å²) in [6.07, 6.45) is 1.65. The Balaban J connectivity index is 1.60. The second kappa shape index (κ2) is 7.55. The van der Waals surface area contributed by atoms with Crippen LogP contribution in [-0.4, -0.2) is 67.2 Å². The van der Waals surface area contributed by atoms with Crippen LogP contribution in [0.2, 0.25) is 0 Å². The van der Waals surface area contributed by atoms with E-state index in [-0.39, 0.29) is 18.0 Å². The molecule has 6 nitrogen and oxygen atoms in total. The molecule has 130 valence electrons. The molecule has 1 aromatic rings. The molecule has 2 heterocycles. The van der Waals surface area contributed by atoms with Gasteiger partial charge in [0.25, 0.3) is 0 Å². The van der Waals surface area contributed by atoms with Gasteiger partial charge in [-0.1, -0.05) is 18.2 Å². The number of carbonyl (C=O) groups is 2.